The van der Waals surface area contributed by atoms with Crippen LogP contribution in [0.3, 0.4) is 0 Å². The second kappa shape index (κ2) is 9.10. The first kappa shape index (κ1) is 20.2. The highest BCUT2D eigenvalue weighted by Gasteiger charge is 2.20. The van der Waals surface area contributed by atoms with Crippen molar-refractivity contribution >= 4 is 17.2 Å². The summed E-state index contributed by atoms with van der Waals surface area (Å²) in [5, 5.41) is 5.88. The monoisotopic (exact) mass is 397 g/mol. The fraction of sp³-hybridized carbons (Fsp3) is 0.429. The van der Waals surface area contributed by atoms with Gasteiger partial charge in [-0.05, 0) is 25.3 Å². The first-order valence-electron chi connectivity index (χ1n) is 9.71. The smallest absolute Gasteiger partial charge is 0.253 e. The van der Waals surface area contributed by atoms with Crippen LogP contribution in [-0.4, -0.2) is 32.0 Å². The second-order valence-corrected chi connectivity index (χ2v) is 8.12. The van der Waals surface area contributed by atoms with Gasteiger partial charge in [0.2, 0.25) is 0 Å². The molecule has 0 spiro atoms. The van der Waals surface area contributed by atoms with Gasteiger partial charge in [-0.3, -0.25) is 14.8 Å². The highest BCUT2D eigenvalue weighted by molar-refractivity contribution is 7.13. The third kappa shape index (κ3) is 4.47. The molecule has 1 amide bonds. The Bertz CT molecular complexity index is 930. The molecule has 1 N–H and O–H groups in total. The predicted octanol–water partition coefficient (Wildman–Crippen LogP) is 4.56. The zero-order valence-corrected chi connectivity index (χ0v) is 17.7. The Labute approximate surface area is 170 Å². The fourth-order valence-corrected chi connectivity index (χ4v) is 3.78. The van der Waals surface area contributed by atoms with Crippen molar-refractivity contribution in [2.45, 2.75) is 47.1 Å². The average Bonchev–Trinajstić information content (AvgIpc) is 3.30. The van der Waals surface area contributed by atoms with Crippen molar-refractivity contribution in [3.8, 4) is 22.1 Å². The van der Waals surface area contributed by atoms with Crippen LogP contribution in [0, 0.1) is 12.8 Å². The molecule has 3 aromatic rings. The lowest BCUT2D eigenvalue weighted by atomic mass is 10.2. The number of nitrogens with zero attached hydrogens (tertiary/aromatic N) is 4. The van der Waals surface area contributed by atoms with Crippen LogP contribution in [0.1, 0.15) is 49.7 Å². The van der Waals surface area contributed by atoms with E-state index in [0.29, 0.717) is 12.5 Å². The largest absolute Gasteiger partial charge is 0.352 e. The quantitative estimate of drug-likeness (QED) is 0.605. The molecule has 0 aliphatic rings. The van der Waals surface area contributed by atoms with Gasteiger partial charge in [-0.1, -0.05) is 27.2 Å². The van der Waals surface area contributed by atoms with Gasteiger partial charge in [-0.2, -0.15) is 0 Å². The van der Waals surface area contributed by atoms with E-state index in [9.17, 15) is 4.79 Å². The number of thiazole rings is 1. The molecule has 0 bridgehead atoms. The van der Waals surface area contributed by atoms with Crippen molar-refractivity contribution in [2.24, 2.45) is 5.92 Å². The number of aromatic nitrogens is 4. The van der Waals surface area contributed by atoms with Crippen LogP contribution in [0.2, 0.25) is 0 Å². The van der Waals surface area contributed by atoms with E-state index in [1.165, 1.54) is 0 Å². The van der Waals surface area contributed by atoms with Gasteiger partial charge in [0.15, 0.2) is 0 Å². The van der Waals surface area contributed by atoms with E-state index in [1.807, 2.05) is 18.4 Å². The lowest BCUT2D eigenvalue weighted by molar-refractivity contribution is 0.0948. The molecule has 3 rings (SSSR count). The summed E-state index contributed by atoms with van der Waals surface area (Å²) in [4.78, 5) is 25.9. The topological polar surface area (TPSA) is 72.7 Å². The predicted molar refractivity (Wildman–Crippen MR) is 113 cm³/mol. The maximum absolute atomic E-state index is 12.7. The molecule has 0 saturated heterocycles. The van der Waals surface area contributed by atoms with E-state index in [1.54, 1.807) is 29.9 Å². The van der Waals surface area contributed by atoms with Gasteiger partial charge in [-0.15, -0.1) is 11.3 Å². The lowest BCUT2D eigenvalue weighted by Gasteiger charge is -2.11. The number of unbranched alkanes of at least 4 members (excludes halogenated alkanes) is 1. The second-order valence-electron chi connectivity index (χ2n) is 7.27. The summed E-state index contributed by atoms with van der Waals surface area (Å²) in [5.41, 5.74) is 4.32. The molecule has 0 unspecified atom stereocenters. The van der Waals surface area contributed by atoms with Gasteiger partial charge in [0.1, 0.15) is 10.7 Å². The summed E-state index contributed by atoms with van der Waals surface area (Å²) < 4.78 is 2.21. The molecule has 3 heterocycles. The molecule has 0 radical (unpaired) electrons. The molecular weight excluding hydrogens is 370 g/mol. The molecule has 7 heteroatoms. The number of rotatable bonds is 8. The van der Waals surface area contributed by atoms with Crippen molar-refractivity contribution in [1.29, 1.82) is 0 Å². The van der Waals surface area contributed by atoms with Crippen molar-refractivity contribution in [3.05, 3.63) is 41.3 Å². The van der Waals surface area contributed by atoms with Crippen LogP contribution >= 0.6 is 11.3 Å². The minimum Gasteiger partial charge on any atom is -0.352 e. The molecular formula is C21H27N5OS. The van der Waals surface area contributed by atoms with Crippen LogP contribution in [-0.2, 0) is 6.54 Å². The molecule has 0 atom stereocenters. The normalized spacial score (nSPS) is 11.2. The molecule has 148 valence electrons. The number of carbonyl (C=O) groups is 1. The van der Waals surface area contributed by atoms with Crippen molar-refractivity contribution in [2.75, 3.05) is 6.54 Å². The van der Waals surface area contributed by atoms with Crippen LogP contribution in [0.4, 0.5) is 0 Å². The molecule has 0 aliphatic carbocycles. The number of carbonyl (C=O) groups excluding carboxylic acids is 1. The van der Waals surface area contributed by atoms with Crippen LogP contribution in [0.15, 0.2) is 30.0 Å². The maximum atomic E-state index is 12.7. The number of nitrogens with one attached hydrogen (secondary N) is 1. The summed E-state index contributed by atoms with van der Waals surface area (Å²) in [6.45, 7) is 9.90. The van der Waals surface area contributed by atoms with Crippen molar-refractivity contribution in [3.63, 3.8) is 0 Å². The molecule has 3 aromatic heterocycles. The summed E-state index contributed by atoms with van der Waals surface area (Å²) in [7, 11) is 0. The SMILES string of the molecule is CCCCn1c(-c2csc(-c3cnccn3)n2)cc(C(=O)NCC(C)C)c1C. The Kier molecular flexibility index (Phi) is 6.57. The molecule has 28 heavy (non-hydrogen) atoms. The Morgan fingerprint density at radius 2 is 2.11 bits per heavy atom. The van der Waals surface area contributed by atoms with Gasteiger partial charge in [0.05, 0.1) is 23.1 Å². The molecule has 6 nitrogen and oxygen atoms in total. The van der Waals surface area contributed by atoms with Gasteiger partial charge in [-0.25, -0.2) is 4.98 Å². The third-order valence-corrected chi connectivity index (χ3v) is 5.43. The van der Waals surface area contributed by atoms with E-state index in [2.05, 4.69) is 40.6 Å². The Balaban J connectivity index is 1.96. The Hall–Kier alpha value is -2.54. The van der Waals surface area contributed by atoms with E-state index in [4.69, 9.17) is 4.98 Å². The van der Waals surface area contributed by atoms with Gasteiger partial charge in [0, 0.05) is 36.6 Å². The zero-order chi connectivity index (χ0) is 20.1. The summed E-state index contributed by atoms with van der Waals surface area (Å²) in [5.74, 6) is 0.395. The lowest BCUT2D eigenvalue weighted by Crippen LogP contribution is -2.27. The minimum absolute atomic E-state index is 0.0212. The van der Waals surface area contributed by atoms with Gasteiger partial charge < -0.3 is 9.88 Å². The van der Waals surface area contributed by atoms with Crippen LogP contribution in [0.5, 0.6) is 0 Å². The highest BCUT2D eigenvalue weighted by atomic mass is 32.1. The standard InChI is InChI=1S/C21H27N5OS/c1-5-6-9-26-15(4)16(20(27)24-11-14(2)3)10-19(26)18-13-28-21(25-18)17-12-22-7-8-23-17/h7-8,10,12-14H,5-6,9,11H2,1-4H3,(H,24,27). The third-order valence-electron chi connectivity index (χ3n) is 4.57. The first-order valence-corrected chi connectivity index (χ1v) is 10.6. The summed E-state index contributed by atoms with van der Waals surface area (Å²) >= 11 is 1.54. The van der Waals surface area contributed by atoms with E-state index in [-0.39, 0.29) is 5.91 Å². The average molecular weight is 398 g/mol. The van der Waals surface area contributed by atoms with Crippen LogP contribution < -0.4 is 5.32 Å². The zero-order valence-electron chi connectivity index (χ0n) is 16.9. The summed E-state index contributed by atoms with van der Waals surface area (Å²) in [6, 6.07) is 1.97. The van der Waals surface area contributed by atoms with E-state index in [0.717, 1.165) is 52.7 Å². The van der Waals surface area contributed by atoms with Crippen LogP contribution in [0.25, 0.3) is 22.1 Å². The maximum Gasteiger partial charge on any atom is 0.253 e. The van der Waals surface area contributed by atoms with E-state index >= 15 is 0 Å². The van der Waals surface area contributed by atoms with Crippen molar-refractivity contribution < 1.29 is 4.79 Å². The molecule has 0 saturated carbocycles. The fourth-order valence-electron chi connectivity index (χ4n) is 3.00. The number of hydrogen-bond acceptors (Lipinski definition) is 5. The Morgan fingerprint density at radius 3 is 2.79 bits per heavy atom. The van der Waals surface area contributed by atoms with Gasteiger partial charge in [0.25, 0.3) is 5.91 Å². The highest BCUT2D eigenvalue weighted by Crippen LogP contribution is 2.31. The molecule has 0 fully saturated rings. The Morgan fingerprint density at radius 1 is 1.29 bits per heavy atom. The summed E-state index contributed by atoms with van der Waals surface area (Å²) in [6.07, 6.45) is 7.18. The minimum atomic E-state index is -0.0212. The van der Waals surface area contributed by atoms with E-state index < -0.39 is 0 Å². The molecule has 0 aromatic carbocycles. The number of amides is 1. The van der Waals surface area contributed by atoms with Crippen molar-refractivity contribution in [1.82, 2.24) is 24.8 Å². The molecule has 0 aliphatic heterocycles. The first-order chi connectivity index (χ1) is 13.5. The van der Waals surface area contributed by atoms with Gasteiger partial charge >= 0.3 is 0 Å². The number of hydrogen-bond donors (Lipinski definition) is 1.